The Morgan fingerprint density at radius 1 is 1.62 bits per heavy atom. The van der Waals surface area contributed by atoms with Gasteiger partial charge in [0.2, 0.25) is 0 Å². The van der Waals surface area contributed by atoms with E-state index in [1.165, 1.54) is 0 Å². The number of aliphatic carboxylic acids is 1. The van der Waals surface area contributed by atoms with Crippen molar-refractivity contribution in [3.8, 4) is 0 Å². The van der Waals surface area contributed by atoms with Crippen LogP contribution in [0.1, 0.15) is 0 Å². The molecule has 3 N–H and O–H groups in total. The van der Waals surface area contributed by atoms with Crippen LogP contribution in [0.2, 0.25) is 0 Å². The number of carbonyl (C=O) groups is 1. The van der Waals surface area contributed by atoms with Crippen molar-refractivity contribution in [1.82, 2.24) is 0 Å². The van der Waals surface area contributed by atoms with Crippen molar-refractivity contribution >= 4 is 43.7 Å². The summed E-state index contributed by atoms with van der Waals surface area (Å²) < 4.78 is 0. The largest absolute Gasteiger partial charge is 0.479 e. The molecule has 0 bridgehead atoms. The standard InChI is InChI=1S/C3H6O4.Ca/c4-1-2(5)3(6)7;/h2,4-5H,1H2,(H,6,7);/t2-;/m1./s1. The van der Waals surface area contributed by atoms with Crippen LogP contribution >= 0.6 is 0 Å². The summed E-state index contributed by atoms with van der Waals surface area (Å²) in [6.07, 6.45) is -1.63. The van der Waals surface area contributed by atoms with Gasteiger partial charge in [0.05, 0.1) is 6.61 Å². The Bertz CT molecular complexity index is 73.7. The minimum absolute atomic E-state index is 0. The van der Waals surface area contributed by atoms with Gasteiger partial charge in [-0.05, 0) is 0 Å². The second-order valence-electron chi connectivity index (χ2n) is 1.04. The number of carboxylic acid groups (broad SMARTS) is 1. The molecule has 0 unspecified atom stereocenters. The third-order valence-electron chi connectivity index (χ3n) is 0.458. The Labute approximate surface area is 76.1 Å². The number of rotatable bonds is 2. The fraction of sp³-hybridized carbons (Fsp3) is 0.667. The van der Waals surface area contributed by atoms with E-state index in [9.17, 15) is 4.79 Å². The van der Waals surface area contributed by atoms with Gasteiger partial charge in [-0.1, -0.05) is 0 Å². The summed E-state index contributed by atoms with van der Waals surface area (Å²) in [6.45, 7) is -0.727. The van der Waals surface area contributed by atoms with Crippen molar-refractivity contribution < 1.29 is 20.1 Å². The average Bonchev–Trinajstić information content (AvgIpc) is 1.65. The first-order valence-electron chi connectivity index (χ1n) is 1.70. The van der Waals surface area contributed by atoms with E-state index < -0.39 is 18.7 Å². The molecule has 0 spiro atoms. The molecule has 4 nitrogen and oxygen atoms in total. The van der Waals surface area contributed by atoms with E-state index in [2.05, 4.69) is 0 Å². The first-order chi connectivity index (χ1) is 3.18. The van der Waals surface area contributed by atoms with Crippen molar-refractivity contribution in [2.24, 2.45) is 0 Å². The smallest absolute Gasteiger partial charge is 0.334 e. The maximum absolute atomic E-state index is 9.52. The van der Waals surface area contributed by atoms with Crippen LogP contribution in [0.4, 0.5) is 0 Å². The predicted molar refractivity (Wildman–Crippen MR) is 26.5 cm³/mol. The topological polar surface area (TPSA) is 77.8 Å². The maximum Gasteiger partial charge on any atom is 0.334 e. The van der Waals surface area contributed by atoms with Gasteiger partial charge in [-0.3, -0.25) is 0 Å². The summed E-state index contributed by atoms with van der Waals surface area (Å²) in [4.78, 5) is 9.52. The van der Waals surface area contributed by atoms with Crippen molar-refractivity contribution in [3.05, 3.63) is 0 Å². The van der Waals surface area contributed by atoms with E-state index in [0.29, 0.717) is 0 Å². The van der Waals surface area contributed by atoms with E-state index >= 15 is 0 Å². The molecule has 0 aliphatic rings. The van der Waals surface area contributed by atoms with Crippen LogP contribution < -0.4 is 0 Å². The van der Waals surface area contributed by atoms with Crippen LogP contribution in [0.3, 0.4) is 0 Å². The third-order valence-corrected chi connectivity index (χ3v) is 0.458. The van der Waals surface area contributed by atoms with Crippen molar-refractivity contribution in [2.75, 3.05) is 6.61 Å². The van der Waals surface area contributed by atoms with E-state index in [1.807, 2.05) is 0 Å². The molecule has 0 aromatic heterocycles. The van der Waals surface area contributed by atoms with Gasteiger partial charge in [-0.2, -0.15) is 0 Å². The number of carboxylic acids is 1. The number of aliphatic hydroxyl groups is 2. The normalized spacial score (nSPS) is 11.8. The first-order valence-corrected chi connectivity index (χ1v) is 1.70. The van der Waals surface area contributed by atoms with Crippen molar-refractivity contribution in [2.45, 2.75) is 6.10 Å². The summed E-state index contributed by atoms with van der Waals surface area (Å²) in [7, 11) is 0. The monoisotopic (exact) mass is 146 g/mol. The van der Waals surface area contributed by atoms with Gasteiger partial charge >= 0.3 is 5.97 Å². The summed E-state index contributed by atoms with van der Waals surface area (Å²) in [6, 6.07) is 0. The van der Waals surface area contributed by atoms with Crippen molar-refractivity contribution in [3.63, 3.8) is 0 Å². The molecule has 8 heavy (non-hydrogen) atoms. The first kappa shape index (κ1) is 11.4. The fourth-order valence-corrected chi connectivity index (χ4v) is 0.0781. The predicted octanol–water partition coefficient (Wildman–Crippen LogP) is -1.96. The molecule has 2 radical (unpaired) electrons. The van der Waals surface area contributed by atoms with Crippen LogP contribution in [0.5, 0.6) is 0 Å². The molecule has 0 amide bonds. The molecule has 0 saturated carbocycles. The molecule has 5 heteroatoms. The van der Waals surface area contributed by atoms with Gasteiger partial charge in [0.1, 0.15) is 0 Å². The van der Waals surface area contributed by atoms with Gasteiger partial charge < -0.3 is 15.3 Å². The van der Waals surface area contributed by atoms with Crippen LogP contribution in [-0.4, -0.2) is 71.7 Å². The molecule has 0 fully saturated rings. The second-order valence-corrected chi connectivity index (χ2v) is 1.04. The number of hydrogen-bond acceptors (Lipinski definition) is 3. The fourth-order valence-electron chi connectivity index (χ4n) is 0.0781. The van der Waals surface area contributed by atoms with E-state index in [-0.39, 0.29) is 37.7 Å². The van der Waals surface area contributed by atoms with Gasteiger partial charge in [0.25, 0.3) is 0 Å². The summed E-state index contributed by atoms with van der Waals surface area (Å²) in [5.74, 6) is -1.40. The third kappa shape index (κ3) is 4.80. The van der Waals surface area contributed by atoms with Gasteiger partial charge in [-0.25, -0.2) is 4.79 Å². The molecule has 0 aromatic rings. The van der Waals surface area contributed by atoms with E-state index in [4.69, 9.17) is 15.3 Å². The number of aliphatic hydroxyl groups excluding tert-OH is 2. The Morgan fingerprint density at radius 3 is 2.00 bits per heavy atom. The van der Waals surface area contributed by atoms with E-state index in [0.717, 1.165) is 0 Å². The zero-order valence-electron chi connectivity index (χ0n) is 4.24. The average molecular weight is 146 g/mol. The molecule has 0 heterocycles. The number of hydrogen-bond donors (Lipinski definition) is 3. The maximum atomic E-state index is 9.52. The molecule has 0 saturated heterocycles. The van der Waals surface area contributed by atoms with Gasteiger partial charge in [-0.15, -0.1) is 0 Å². The molecule has 1 atom stereocenters. The Kier molecular flexibility index (Phi) is 8.27. The Hall–Kier alpha value is 0.650. The zero-order valence-corrected chi connectivity index (χ0v) is 6.45. The van der Waals surface area contributed by atoms with Crippen LogP contribution in [0.25, 0.3) is 0 Å². The summed E-state index contributed by atoms with van der Waals surface area (Å²) in [5.41, 5.74) is 0. The van der Waals surface area contributed by atoms with Crippen LogP contribution in [0, 0.1) is 0 Å². The molecule has 44 valence electrons. The molecular weight excluding hydrogens is 140 g/mol. The quantitative estimate of drug-likeness (QED) is 0.395. The molecule has 0 aromatic carbocycles. The van der Waals surface area contributed by atoms with Crippen LogP contribution in [0.15, 0.2) is 0 Å². The van der Waals surface area contributed by atoms with E-state index in [1.54, 1.807) is 0 Å². The van der Waals surface area contributed by atoms with Gasteiger partial charge in [0, 0.05) is 37.7 Å². The summed E-state index contributed by atoms with van der Waals surface area (Å²) >= 11 is 0. The minimum Gasteiger partial charge on any atom is -0.479 e. The molecular formula is C3H6CaO4. The molecule has 0 aliphatic carbocycles. The summed E-state index contributed by atoms with van der Waals surface area (Å²) in [5, 5.41) is 23.7. The SMILES string of the molecule is O=C(O)[C@H](O)CO.[Ca]. The minimum atomic E-state index is -1.63. The second kappa shape index (κ2) is 5.78. The van der Waals surface area contributed by atoms with Crippen molar-refractivity contribution in [1.29, 1.82) is 0 Å². The zero-order chi connectivity index (χ0) is 5.86. The molecule has 0 rings (SSSR count). The van der Waals surface area contributed by atoms with Crippen LogP contribution in [-0.2, 0) is 4.79 Å². The molecule has 0 aliphatic heterocycles. The Morgan fingerprint density at radius 2 is 2.00 bits per heavy atom. The Balaban J connectivity index is 0. The van der Waals surface area contributed by atoms with Gasteiger partial charge in [0.15, 0.2) is 6.10 Å².